The quantitative estimate of drug-likeness (QED) is 0.729. The molecule has 1 aromatic rings. The lowest BCUT2D eigenvalue weighted by Crippen LogP contribution is -2.27. The fourth-order valence-corrected chi connectivity index (χ4v) is 2.28. The molecule has 1 aromatic heterocycles. The fourth-order valence-electron chi connectivity index (χ4n) is 1.43. The number of methoxy groups -OCH3 is 1. The molecule has 0 saturated heterocycles. The maximum atomic E-state index is 8.64. The zero-order chi connectivity index (χ0) is 13.2. The van der Waals surface area contributed by atoms with E-state index in [2.05, 4.69) is 26.5 Å². The second-order valence-corrected chi connectivity index (χ2v) is 4.77. The molecule has 0 aliphatic heterocycles. The van der Waals surface area contributed by atoms with Gasteiger partial charge in [0.1, 0.15) is 5.01 Å². The molecule has 0 aliphatic rings. The molecule has 0 unspecified atom stereocenters. The number of aromatic nitrogens is 2. The second kappa shape index (κ2) is 8.80. The Morgan fingerprint density at radius 1 is 1.44 bits per heavy atom. The van der Waals surface area contributed by atoms with Crippen LogP contribution in [0.5, 0.6) is 0 Å². The van der Waals surface area contributed by atoms with E-state index in [1.165, 1.54) is 0 Å². The zero-order valence-electron chi connectivity index (χ0n) is 10.8. The van der Waals surface area contributed by atoms with E-state index < -0.39 is 0 Å². The summed E-state index contributed by atoms with van der Waals surface area (Å²) in [5.41, 5.74) is 0. The smallest absolute Gasteiger partial charge is 0.205 e. The molecule has 18 heavy (non-hydrogen) atoms. The van der Waals surface area contributed by atoms with Gasteiger partial charge in [-0.15, -0.1) is 10.2 Å². The first-order valence-electron chi connectivity index (χ1n) is 5.94. The van der Waals surface area contributed by atoms with Crippen molar-refractivity contribution in [2.24, 2.45) is 0 Å². The van der Waals surface area contributed by atoms with Crippen molar-refractivity contribution in [2.75, 3.05) is 38.7 Å². The van der Waals surface area contributed by atoms with E-state index in [1.54, 1.807) is 18.4 Å². The third kappa shape index (κ3) is 5.40. The molecule has 0 bridgehead atoms. The molecule has 100 valence electrons. The number of nitrogens with zero attached hydrogens (tertiary/aromatic N) is 4. The minimum Gasteiger partial charge on any atom is -0.383 e. The lowest BCUT2D eigenvalue weighted by Gasteiger charge is -2.18. The summed E-state index contributed by atoms with van der Waals surface area (Å²) >= 11 is 1.55. The Kier molecular flexibility index (Phi) is 7.25. The monoisotopic (exact) mass is 269 g/mol. The third-order valence-electron chi connectivity index (χ3n) is 2.31. The molecule has 0 amide bonds. The second-order valence-electron chi connectivity index (χ2n) is 3.71. The maximum absolute atomic E-state index is 8.64. The first-order valence-corrected chi connectivity index (χ1v) is 6.76. The number of nitrogens with one attached hydrogen (secondary N) is 1. The highest BCUT2D eigenvalue weighted by Crippen LogP contribution is 2.16. The molecule has 0 saturated carbocycles. The van der Waals surface area contributed by atoms with Crippen molar-refractivity contribution in [3.63, 3.8) is 0 Å². The van der Waals surface area contributed by atoms with Crippen molar-refractivity contribution in [3.8, 4) is 6.07 Å². The Balaban J connectivity index is 2.49. The highest BCUT2D eigenvalue weighted by Gasteiger charge is 2.09. The molecule has 0 atom stereocenters. The Labute approximate surface area is 112 Å². The largest absolute Gasteiger partial charge is 0.383 e. The van der Waals surface area contributed by atoms with Gasteiger partial charge in [0.2, 0.25) is 5.13 Å². The summed E-state index contributed by atoms with van der Waals surface area (Å²) in [6.45, 7) is 5.78. The summed E-state index contributed by atoms with van der Waals surface area (Å²) in [7, 11) is 1.68. The molecule has 1 rings (SSSR count). The molecule has 6 nitrogen and oxygen atoms in total. The Morgan fingerprint density at radius 2 is 2.28 bits per heavy atom. The van der Waals surface area contributed by atoms with Crippen LogP contribution < -0.4 is 5.32 Å². The van der Waals surface area contributed by atoms with Crippen LogP contribution in [0, 0.1) is 11.3 Å². The van der Waals surface area contributed by atoms with Crippen LogP contribution >= 0.6 is 11.3 Å². The summed E-state index contributed by atoms with van der Waals surface area (Å²) in [6.07, 6.45) is 0.516. The molecule has 0 fully saturated rings. The molecule has 0 aliphatic carbocycles. The van der Waals surface area contributed by atoms with E-state index in [-0.39, 0.29) is 0 Å². The molecule has 1 heterocycles. The lowest BCUT2D eigenvalue weighted by molar-refractivity contribution is 0.145. The average molecular weight is 269 g/mol. The van der Waals surface area contributed by atoms with Gasteiger partial charge in [-0.1, -0.05) is 11.3 Å². The number of rotatable bonds is 9. The van der Waals surface area contributed by atoms with Gasteiger partial charge in [-0.05, 0) is 6.92 Å². The predicted octanol–water partition coefficient (Wildman–Crippen LogP) is 1.33. The van der Waals surface area contributed by atoms with Crippen molar-refractivity contribution >= 4 is 16.5 Å². The Hall–Kier alpha value is -1.23. The third-order valence-corrected chi connectivity index (χ3v) is 3.17. The van der Waals surface area contributed by atoms with Gasteiger partial charge in [0.05, 0.1) is 19.2 Å². The molecule has 0 radical (unpaired) electrons. The lowest BCUT2D eigenvalue weighted by atomic mass is 10.4. The van der Waals surface area contributed by atoms with E-state index in [4.69, 9.17) is 10.00 Å². The van der Waals surface area contributed by atoms with Crippen molar-refractivity contribution in [2.45, 2.75) is 19.9 Å². The van der Waals surface area contributed by atoms with Crippen LogP contribution in [0.25, 0.3) is 0 Å². The van der Waals surface area contributed by atoms with Crippen molar-refractivity contribution in [1.82, 2.24) is 15.1 Å². The number of nitriles is 1. The van der Waals surface area contributed by atoms with E-state index in [0.29, 0.717) is 19.6 Å². The van der Waals surface area contributed by atoms with Crippen molar-refractivity contribution < 1.29 is 4.74 Å². The Morgan fingerprint density at radius 3 is 2.94 bits per heavy atom. The van der Waals surface area contributed by atoms with Gasteiger partial charge in [0.25, 0.3) is 0 Å². The van der Waals surface area contributed by atoms with Crippen molar-refractivity contribution in [1.29, 1.82) is 5.26 Å². The van der Waals surface area contributed by atoms with Gasteiger partial charge in [-0.3, -0.25) is 4.90 Å². The predicted molar refractivity (Wildman–Crippen MR) is 71.5 cm³/mol. The van der Waals surface area contributed by atoms with Crippen molar-refractivity contribution in [3.05, 3.63) is 5.01 Å². The van der Waals surface area contributed by atoms with Crippen LogP contribution in [0.1, 0.15) is 18.4 Å². The van der Waals surface area contributed by atoms with Crippen LogP contribution in [-0.2, 0) is 11.3 Å². The van der Waals surface area contributed by atoms with Crippen LogP contribution in [-0.4, -0.2) is 48.4 Å². The normalized spacial score (nSPS) is 10.6. The molecule has 1 N–H and O–H groups in total. The molecule has 7 heteroatoms. The van der Waals surface area contributed by atoms with Gasteiger partial charge < -0.3 is 10.1 Å². The standard InChI is InChI=1S/C11H19N5OS/c1-3-13-11-15-14-10(18-11)9-16(6-4-5-12)7-8-17-2/h3-4,6-9H2,1-2H3,(H,13,15). The molecular formula is C11H19N5OS. The van der Waals surface area contributed by atoms with Gasteiger partial charge in [0.15, 0.2) is 0 Å². The fraction of sp³-hybridized carbons (Fsp3) is 0.727. The summed E-state index contributed by atoms with van der Waals surface area (Å²) in [5, 5.41) is 21.8. The van der Waals surface area contributed by atoms with Crippen LogP contribution in [0.4, 0.5) is 5.13 Å². The molecular weight excluding hydrogens is 250 g/mol. The van der Waals surface area contributed by atoms with E-state index >= 15 is 0 Å². The minimum atomic E-state index is 0.516. The molecule has 0 aromatic carbocycles. The summed E-state index contributed by atoms with van der Waals surface area (Å²) in [4.78, 5) is 2.16. The minimum absolute atomic E-state index is 0.516. The summed E-state index contributed by atoms with van der Waals surface area (Å²) in [5.74, 6) is 0. The highest BCUT2D eigenvalue weighted by atomic mass is 32.1. The molecule has 0 spiro atoms. The summed E-state index contributed by atoms with van der Waals surface area (Å²) in [6, 6.07) is 2.16. The first kappa shape index (κ1) is 14.8. The first-order chi connectivity index (χ1) is 8.80. The van der Waals surface area contributed by atoms with E-state index in [1.807, 2.05) is 6.92 Å². The van der Waals surface area contributed by atoms with Crippen LogP contribution in [0.15, 0.2) is 0 Å². The van der Waals surface area contributed by atoms with Gasteiger partial charge in [-0.2, -0.15) is 5.26 Å². The number of ether oxygens (including phenoxy) is 1. The van der Waals surface area contributed by atoms with Crippen LogP contribution in [0.3, 0.4) is 0 Å². The number of hydrogen-bond donors (Lipinski definition) is 1. The summed E-state index contributed by atoms with van der Waals surface area (Å²) < 4.78 is 5.06. The van der Waals surface area contributed by atoms with E-state index in [0.717, 1.165) is 29.8 Å². The SMILES string of the molecule is CCNc1nnc(CN(CCC#N)CCOC)s1. The van der Waals surface area contributed by atoms with Crippen LogP contribution in [0.2, 0.25) is 0 Å². The van der Waals surface area contributed by atoms with E-state index in [9.17, 15) is 0 Å². The van der Waals surface area contributed by atoms with Gasteiger partial charge in [-0.25, -0.2) is 0 Å². The van der Waals surface area contributed by atoms with Gasteiger partial charge in [0, 0.05) is 33.2 Å². The topological polar surface area (TPSA) is 74.1 Å². The average Bonchev–Trinajstić information content (AvgIpc) is 2.80. The van der Waals surface area contributed by atoms with Gasteiger partial charge >= 0.3 is 0 Å². The maximum Gasteiger partial charge on any atom is 0.205 e. The number of anilines is 1. The number of hydrogen-bond acceptors (Lipinski definition) is 7. The highest BCUT2D eigenvalue weighted by molar-refractivity contribution is 7.15. The zero-order valence-corrected chi connectivity index (χ0v) is 11.7. The Bertz CT molecular complexity index is 376.